The highest BCUT2D eigenvalue weighted by molar-refractivity contribution is 5.44. The number of piperidine rings is 1. The number of likely N-dealkylation sites (tertiary alicyclic amines) is 1. The zero-order valence-electron chi connectivity index (χ0n) is 19.6. The number of phenols is 1. The van der Waals surface area contributed by atoms with Crippen LogP contribution in [0.5, 0.6) is 5.75 Å². The summed E-state index contributed by atoms with van der Waals surface area (Å²) < 4.78 is 53.7. The molecule has 1 unspecified atom stereocenters. The highest BCUT2D eigenvalue weighted by atomic mass is 16.3. The third-order valence-electron chi connectivity index (χ3n) is 5.57. The van der Waals surface area contributed by atoms with Crippen molar-refractivity contribution in [1.82, 2.24) is 4.90 Å². The lowest BCUT2D eigenvalue weighted by atomic mass is 9.59. The predicted molar refractivity (Wildman–Crippen MR) is 87.7 cm³/mol. The van der Waals surface area contributed by atoms with E-state index in [4.69, 9.17) is 9.60 Å². The Morgan fingerprint density at radius 3 is 3.14 bits per heavy atom. The van der Waals surface area contributed by atoms with Crippen molar-refractivity contribution >= 4 is 0 Å². The van der Waals surface area contributed by atoms with E-state index in [1.807, 2.05) is 12.1 Å². The second-order valence-corrected chi connectivity index (χ2v) is 6.59. The van der Waals surface area contributed by atoms with E-state index in [9.17, 15) is 5.11 Å². The van der Waals surface area contributed by atoms with Crippen LogP contribution in [-0.4, -0.2) is 29.1 Å². The minimum atomic E-state index is -2.81. The Balaban J connectivity index is 1.95. The first kappa shape index (κ1) is 8.38. The van der Waals surface area contributed by atoms with E-state index in [-0.39, 0.29) is 35.7 Å². The van der Waals surface area contributed by atoms with Gasteiger partial charge in [0, 0.05) is 20.8 Å². The summed E-state index contributed by atoms with van der Waals surface area (Å²) in [6.07, 6.45) is 1.53. The smallest absolute Gasteiger partial charge is 0.115 e. The first-order valence-electron chi connectivity index (χ1n) is 11.0. The average Bonchev–Trinajstić information content (AvgIpc) is 2.51. The fourth-order valence-electron chi connectivity index (χ4n) is 4.07. The first-order chi connectivity index (χ1) is 12.7. The van der Waals surface area contributed by atoms with Gasteiger partial charge in [0.1, 0.15) is 5.75 Å². The highest BCUT2D eigenvalue weighted by Gasteiger charge is 2.48. The van der Waals surface area contributed by atoms with Gasteiger partial charge in [-0.15, -0.1) is 0 Å². The molecule has 1 aliphatic carbocycles. The molecule has 1 aliphatic heterocycles. The van der Waals surface area contributed by atoms with Gasteiger partial charge in [0.15, 0.2) is 0 Å². The van der Waals surface area contributed by atoms with E-state index in [0.29, 0.717) is 6.54 Å². The number of allylic oxidation sites excluding steroid dienone is 1. The molecular formula is C19H27NO. The van der Waals surface area contributed by atoms with Crippen LogP contribution < -0.4 is 0 Å². The van der Waals surface area contributed by atoms with Crippen LogP contribution in [0.1, 0.15) is 54.7 Å². The molecule has 0 spiro atoms. The number of fused-ring (bicyclic) bond motifs is 4. The van der Waals surface area contributed by atoms with Crippen LogP contribution in [0.25, 0.3) is 0 Å². The SMILES string of the molecule is [2H]C(CN1CC[C@]2(C)c3cc(O)ccc3C[C@H]1C2C)=C(C([2H])([2H])[2H])C([2H])([2H])[2H]. The molecule has 2 nitrogen and oxygen atoms in total. The summed E-state index contributed by atoms with van der Waals surface area (Å²) in [5.41, 5.74) is 1.46. The molecule has 0 radical (unpaired) electrons. The molecule has 0 saturated carbocycles. The molecule has 1 heterocycles. The fraction of sp³-hybridized carbons (Fsp3) is 0.579. The Morgan fingerprint density at radius 1 is 1.57 bits per heavy atom. The van der Waals surface area contributed by atoms with Gasteiger partial charge in [0.05, 0.1) is 1.37 Å². The molecule has 3 rings (SSSR count). The van der Waals surface area contributed by atoms with Gasteiger partial charge >= 0.3 is 0 Å². The third-order valence-corrected chi connectivity index (χ3v) is 5.57. The number of benzene rings is 1. The number of aromatic hydroxyl groups is 1. The monoisotopic (exact) mass is 292 g/mol. The first-order valence-corrected chi connectivity index (χ1v) is 7.52. The van der Waals surface area contributed by atoms with Crippen molar-refractivity contribution in [3.8, 4) is 5.75 Å². The summed E-state index contributed by atoms with van der Waals surface area (Å²) in [4.78, 5) is 2.06. The molecule has 2 heteroatoms. The summed E-state index contributed by atoms with van der Waals surface area (Å²) in [5, 5.41) is 9.92. The van der Waals surface area contributed by atoms with Crippen molar-refractivity contribution in [2.75, 3.05) is 13.1 Å². The van der Waals surface area contributed by atoms with Gasteiger partial charge in [-0.25, -0.2) is 0 Å². The van der Waals surface area contributed by atoms with E-state index in [0.717, 1.165) is 24.0 Å². The van der Waals surface area contributed by atoms with E-state index in [1.54, 1.807) is 6.07 Å². The van der Waals surface area contributed by atoms with Gasteiger partial charge in [-0.3, -0.25) is 4.90 Å². The molecule has 0 amide bonds. The summed E-state index contributed by atoms with van der Waals surface area (Å²) >= 11 is 0. The molecule has 21 heavy (non-hydrogen) atoms. The molecular weight excluding hydrogens is 258 g/mol. The van der Waals surface area contributed by atoms with E-state index < -0.39 is 19.3 Å². The van der Waals surface area contributed by atoms with Crippen molar-refractivity contribution in [2.24, 2.45) is 5.92 Å². The maximum atomic E-state index is 9.92. The topological polar surface area (TPSA) is 23.5 Å². The zero-order chi connectivity index (χ0) is 21.1. The van der Waals surface area contributed by atoms with Gasteiger partial charge in [0.25, 0.3) is 0 Å². The number of rotatable bonds is 2. The molecule has 114 valence electrons. The normalized spacial score (nSPS) is 37.7. The van der Waals surface area contributed by atoms with Gasteiger partial charge in [-0.1, -0.05) is 31.5 Å². The minimum Gasteiger partial charge on any atom is -0.508 e. The van der Waals surface area contributed by atoms with Crippen LogP contribution in [0, 0.1) is 5.92 Å². The third kappa shape index (κ3) is 2.40. The molecule has 2 bridgehead atoms. The van der Waals surface area contributed by atoms with Crippen molar-refractivity contribution in [3.05, 3.63) is 41.0 Å². The predicted octanol–water partition coefficient (Wildman–Crippen LogP) is 3.88. The molecule has 1 fully saturated rings. The van der Waals surface area contributed by atoms with Gasteiger partial charge < -0.3 is 5.11 Å². The highest BCUT2D eigenvalue weighted by Crippen LogP contribution is 2.49. The zero-order valence-corrected chi connectivity index (χ0v) is 12.6. The molecule has 3 atom stereocenters. The maximum absolute atomic E-state index is 9.92. The summed E-state index contributed by atoms with van der Waals surface area (Å²) in [7, 11) is 0. The lowest BCUT2D eigenvalue weighted by molar-refractivity contribution is 0.0397. The summed E-state index contributed by atoms with van der Waals surface area (Å²) in [6, 6.07) is 5.21. The average molecular weight is 292 g/mol. The Hall–Kier alpha value is -1.28. The van der Waals surface area contributed by atoms with E-state index in [1.165, 1.54) is 0 Å². The Bertz CT molecular complexity index is 782. The van der Waals surface area contributed by atoms with Crippen LogP contribution in [0.2, 0.25) is 0 Å². The molecule has 2 aliphatic rings. The number of hydrogen-bond donors (Lipinski definition) is 1. The van der Waals surface area contributed by atoms with E-state index in [2.05, 4.69) is 18.7 Å². The fourth-order valence-corrected chi connectivity index (χ4v) is 4.07. The summed E-state index contributed by atoms with van der Waals surface area (Å²) in [5.74, 6) is 0.483. The van der Waals surface area contributed by atoms with Crippen LogP contribution >= 0.6 is 0 Å². The maximum Gasteiger partial charge on any atom is 0.115 e. The van der Waals surface area contributed by atoms with E-state index >= 15 is 0 Å². The number of phenolic OH excluding ortho intramolecular Hbond substituents is 1. The van der Waals surface area contributed by atoms with Crippen LogP contribution in [0.3, 0.4) is 0 Å². The van der Waals surface area contributed by atoms with Gasteiger partial charge in [-0.2, -0.15) is 0 Å². The molecule has 1 aromatic carbocycles. The number of hydrogen-bond acceptors (Lipinski definition) is 2. The Kier molecular flexibility index (Phi) is 2.06. The largest absolute Gasteiger partial charge is 0.508 e. The van der Waals surface area contributed by atoms with Crippen molar-refractivity contribution in [1.29, 1.82) is 0 Å². The minimum absolute atomic E-state index is 0.0185. The second-order valence-electron chi connectivity index (χ2n) is 6.59. The van der Waals surface area contributed by atoms with Gasteiger partial charge in [0.2, 0.25) is 0 Å². The van der Waals surface area contributed by atoms with Crippen LogP contribution in [-0.2, 0) is 11.8 Å². The lowest BCUT2D eigenvalue weighted by Gasteiger charge is -2.54. The van der Waals surface area contributed by atoms with Crippen molar-refractivity contribution in [2.45, 2.75) is 51.8 Å². The van der Waals surface area contributed by atoms with Crippen molar-refractivity contribution < 1.29 is 14.7 Å². The second kappa shape index (κ2) is 5.17. The molecule has 0 aromatic heterocycles. The van der Waals surface area contributed by atoms with Crippen LogP contribution in [0.15, 0.2) is 29.8 Å². The molecule has 1 aromatic rings. The van der Waals surface area contributed by atoms with Crippen LogP contribution in [0.4, 0.5) is 0 Å². The standard InChI is InChI=1S/C19H27NO/c1-13(2)7-9-20-10-8-19(4)14(3)18(20)11-15-5-6-16(21)12-17(15)19/h5-7,12,14,18,21H,8-11H2,1-4H3/t14?,18-,19-/m0/s1/i1D3,2D3,7D. The quantitative estimate of drug-likeness (QED) is 0.836. The van der Waals surface area contributed by atoms with Gasteiger partial charge in [-0.05, 0) is 67.7 Å². The lowest BCUT2D eigenvalue weighted by Crippen LogP contribution is -2.57. The van der Waals surface area contributed by atoms with Crippen molar-refractivity contribution in [3.63, 3.8) is 0 Å². The number of nitrogens with zero attached hydrogens (tertiary/aromatic N) is 1. The summed E-state index contributed by atoms with van der Waals surface area (Å²) in [6.45, 7) is -0.620. The molecule has 1 N–H and O–H groups in total. The Morgan fingerprint density at radius 2 is 2.38 bits per heavy atom. The molecule has 1 saturated heterocycles. The Labute approximate surface area is 138 Å².